The predicted octanol–water partition coefficient (Wildman–Crippen LogP) is 1.82. The largest absolute Gasteiger partial charge is 0.341 e. The van der Waals surface area contributed by atoms with Crippen molar-refractivity contribution in [3.63, 3.8) is 0 Å². The first-order valence-corrected chi connectivity index (χ1v) is 9.62. The summed E-state index contributed by atoms with van der Waals surface area (Å²) in [6.07, 6.45) is 3.72. The van der Waals surface area contributed by atoms with Gasteiger partial charge in [0, 0.05) is 32.6 Å². The highest BCUT2D eigenvalue weighted by atomic mass is 19.1. The molecule has 1 aromatic carbocycles. The van der Waals surface area contributed by atoms with Gasteiger partial charge >= 0.3 is 0 Å². The van der Waals surface area contributed by atoms with Gasteiger partial charge in [-0.1, -0.05) is 12.1 Å². The Morgan fingerprint density at radius 1 is 1.12 bits per heavy atom. The van der Waals surface area contributed by atoms with Gasteiger partial charge in [0.15, 0.2) is 0 Å². The zero-order valence-corrected chi connectivity index (χ0v) is 15.3. The summed E-state index contributed by atoms with van der Waals surface area (Å²) in [5, 5.41) is 3.33. The molecule has 2 heterocycles. The number of hydrogen-bond acceptors (Lipinski definition) is 3. The Hall–Kier alpha value is -1.95. The maximum absolute atomic E-state index is 13.3. The van der Waals surface area contributed by atoms with E-state index in [1.807, 2.05) is 4.90 Å². The van der Waals surface area contributed by atoms with Crippen LogP contribution in [-0.2, 0) is 16.0 Å². The summed E-state index contributed by atoms with van der Waals surface area (Å²) in [6, 6.07) is 6.18. The topological polar surface area (TPSA) is 52.7 Å². The molecule has 0 saturated carbocycles. The smallest absolute Gasteiger partial charge is 0.227 e. The van der Waals surface area contributed by atoms with Gasteiger partial charge in [-0.25, -0.2) is 4.39 Å². The minimum atomic E-state index is -0.319. The SMILES string of the molecule is O=C(CCC1CCNC1)N1CCCN(C(=O)Cc2cccc(F)c2)CC1. The van der Waals surface area contributed by atoms with E-state index in [4.69, 9.17) is 0 Å². The molecule has 1 unspecified atom stereocenters. The van der Waals surface area contributed by atoms with Gasteiger partial charge in [0.25, 0.3) is 0 Å². The lowest BCUT2D eigenvalue weighted by Gasteiger charge is -2.23. The second-order valence-electron chi connectivity index (χ2n) is 7.32. The Bertz CT molecular complexity index is 631. The summed E-state index contributed by atoms with van der Waals surface area (Å²) in [5.41, 5.74) is 0.692. The van der Waals surface area contributed by atoms with E-state index >= 15 is 0 Å². The minimum Gasteiger partial charge on any atom is -0.341 e. The molecule has 0 spiro atoms. The molecule has 6 heteroatoms. The van der Waals surface area contributed by atoms with Crippen LogP contribution in [0.4, 0.5) is 4.39 Å². The van der Waals surface area contributed by atoms with Gasteiger partial charge in [-0.05, 0) is 56.0 Å². The number of benzene rings is 1. The maximum Gasteiger partial charge on any atom is 0.227 e. The molecule has 0 aromatic heterocycles. The second kappa shape index (κ2) is 9.12. The third-order valence-electron chi connectivity index (χ3n) is 5.37. The third kappa shape index (κ3) is 5.27. The van der Waals surface area contributed by atoms with Gasteiger partial charge in [0.05, 0.1) is 6.42 Å². The zero-order chi connectivity index (χ0) is 18.4. The van der Waals surface area contributed by atoms with Crippen molar-refractivity contribution in [2.45, 2.75) is 32.1 Å². The summed E-state index contributed by atoms with van der Waals surface area (Å²) in [4.78, 5) is 28.7. The average molecular weight is 361 g/mol. The first-order chi connectivity index (χ1) is 12.6. The van der Waals surface area contributed by atoms with E-state index in [0.717, 1.165) is 32.4 Å². The van der Waals surface area contributed by atoms with Crippen LogP contribution in [0.25, 0.3) is 0 Å². The van der Waals surface area contributed by atoms with E-state index in [1.165, 1.54) is 12.1 Å². The number of carbonyl (C=O) groups excluding carboxylic acids is 2. The van der Waals surface area contributed by atoms with Crippen molar-refractivity contribution in [3.8, 4) is 0 Å². The van der Waals surface area contributed by atoms with Crippen molar-refractivity contribution in [3.05, 3.63) is 35.6 Å². The van der Waals surface area contributed by atoms with Crippen molar-refractivity contribution >= 4 is 11.8 Å². The summed E-state index contributed by atoms with van der Waals surface area (Å²) in [5.74, 6) is 0.508. The minimum absolute atomic E-state index is 0.00179. The first-order valence-electron chi connectivity index (χ1n) is 9.62. The fourth-order valence-electron chi connectivity index (χ4n) is 3.80. The lowest BCUT2D eigenvalue weighted by atomic mass is 10.0. The molecule has 2 fully saturated rings. The number of nitrogens with one attached hydrogen (secondary N) is 1. The molecule has 2 aliphatic heterocycles. The van der Waals surface area contributed by atoms with Crippen LogP contribution < -0.4 is 5.32 Å². The lowest BCUT2D eigenvalue weighted by molar-refractivity contribution is -0.133. The highest BCUT2D eigenvalue weighted by Crippen LogP contribution is 2.16. The van der Waals surface area contributed by atoms with Gasteiger partial charge < -0.3 is 15.1 Å². The van der Waals surface area contributed by atoms with Crippen LogP contribution in [0.5, 0.6) is 0 Å². The van der Waals surface area contributed by atoms with Crippen molar-refractivity contribution in [1.29, 1.82) is 0 Å². The molecule has 142 valence electrons. The molecule has 5 nitrogen and oxygen atoms in total. The van der Waals surface area contributed by atoms with E-state index in [2.05, 4.69) is 5.32 Å². The summed E-state index contributed by atoms with van der Waals surface area (Å²) < 4.78 is 13.3. The molecule has 2 saturated heterocycles. The molecule has 0 aliphatic carbocycles. The molecule has 2 amide bonds. The van der Waals surface area contributed by atoms with E-state index in [0.29, 0.717) is 44.1 Å². The Kier molecular flexibility index (Phi) is 6.61. The van der Waals surface area contributed by atoms with Gasteiger partial charge in [0.1, 0.15) is 5.82 Å². The number of rotatable bonds is 5. The van der Waals surface area contributed by atoms with Crippen LogP contribution in [0.1, 0.15) is 31.2 Å². The molecule has 1 N–H and O–H groups in total. The molecule has 1 atom stereocenters. The number of nitrogens with zero attached hydrogens (tertiary/aromatic N) is 2. The fourth-order valence-corrected chi connectivity index (χ4v) is 3.80. The highest BCUT2D eigenvalue weighted by molar-refractivity contribution is 5.79. The lowest BCUT2D eigenvalue weighted by Crippen LogP contribution is -2.38. The first kappa shape index (κ1) is 18.8. The van der Waals surface area contributed by atoms with Gasteiger partial charge in [-0.3, -0.25) is 9.59 Å². The van der Waals surface area contributed by atoms with Crippen molar-refractivity contribution < 1.29 is 14.0 Å². The van der Waals surface area contributed by atoms with Gasteiger partial charge in [0.2, 0.25) is 11.8 Å². The van der Waals surface area contributed by atoms with Crippen LogP contribution in [0.2, 0.25) is 0 Å². The Labute approximate surface area is 154 Å². The predicted molar refractivity (Wildman–Crippen MR) is 98.1 cm³/mol. The average Bonchev–Trinajstić information content (AvgIpc) is 3.02. The maximum atomic E-state index is 13.3. The Morgan fingerprint density at radius 2 is 1.88 bits per heavy atom. The van der Waals surface area contributed by atoms with Crippen LogP contribution in [0, 0.1) is 11.7 Å². The second-order valence-corrected chi connectivity index (χ2v) is 7.32. The number of amides is 2. The van der Waals surface area contributed by atoms with Crippen molar-refractivity contribution in [2.24, 2.45) is 5.92 Å². The van der Waals surface area contributed by atoms with Crippen LogP contribution in [0.15, 0.2) is 24.3 Å². The summed E-state index contributed by atoms with van der Waals surface area (Å²) >= 11 is 0. The molecule has 26 heavy (non-hydrogen) atoms. The highest BCUT2D eigenvalue weighted by Gasteiger charge is 2.23. The van der Waals surface area contributed by atoms with E-state index in [1.54, 1.807) is 17.0 Å². The van der Waals surface area contributed by atoms with E-state index < -0.39 is 0 Å². The Morgan fingerprint density at radius 3 is 2.58 bits per heavy atom. The third-order valence-corrected chi connectivity index (χ3v) is 5.37. The molecular formula is C20H28FN3O2. The van der Waals surface area contributed by atoms with E-state index in [-0.39, 0.29) is 24.1 Å². The Balaban J connectivity index is 1.46. The summed E-state index contributed by atoms with van der Waals surface area (Å²) in [6.45, 7) is 4.61. The standard InChI is InChI=1S/C20H28FN3O2/c21-18-4-1-3-17(13-18)14-20(26)24-10-2-9-23(11-12-24)19(25)6-5-16-7-8-22-15-16/h1,3-4,13,16,22H,2,5-12,14-15H2. The van der Waals surface area contributed by atoms with E-state index in [9.17, 15) is 14.0 Å². The molecule has 1 aromatic rings. The number of carbonyl (C=O) groups is 2. The summed E-state index contributed by atoms with van der Waals surface area (Å²) in [7, 11) is 0. The van der Waals surface area contributed by atoms with Crippen LogP contribution in [0.3, 0.4) is 0 Å². The van der Waals surface area contributed by atoms with Crippen molar-refractivity contribution in [2.75, 3.05) is 39.3 Å². The number of hydrogen-bond donors (Lipinski definition) is 1. The normalized spacial score (nSPS) is 20.9. The van der Waals surface area contributed by atoms with Crippen LogP contribution >= 0.6 is 0 Å². The monoisotopic (exact) mass is 361 g/mol. The van der Waals surface area contributed by atoms with Crippen LogP contribution in [-0.4, -0.2) is 60.9 Å². The van der Waals surface area contributed by atoms with Gasteiger partial charge in [-0.2, -0.15) is 0 Å². The zero-order valence-electron chi connectivity index (χ0n) is 15.3. The molecule has 2 aliphatic rings. The number of halogens is 1. The molecule has 0 bridgehead atoms. The molecule has 3 rings (SSSR count). The quantitative estimate of drug-likeness (QED) is 0.870. The fraction of sp³-hybridized carbons (Fsp3) is 0.600. The van der Waals surface area contributed by atoms with Crippen molar-refractivity contribution in [1.82, 2.24) is 15.1 Å². The molecular weight excluding hydrogens is 333 g/mol. The van der Waals surface area contributed by atoms with Gasteiger partial charge in [-0.15, -0.1) is 0 Å². The molecule has 0 radical (unpaired) electrons.